The van der Waals surface area contributed by atoms with Crippen molar-refractivity contribution >= 4 is 38.8 Å². The van der Waals surface area contributed by atoms with Gasteiger partial charge in [-0.1, -0.05) is 12.5 Å². The molecule has 6 rings (SSSR count). The first-order valence-electron chi connectivity index (χ1n) is 12.0. The van der Waals surface area contributed by atoms with Gasteiger partial charge in [-0.05, 0) is 68.7 Å². The maximum atomic E-state index is 13.1. The van der Waals surface area contributed by atoms with Crippen molar-refractivity contribution in [2.75, 3.05) is 23.8 Å². The molecule has 0 unspecified atom stereocenters. The summed E-state index contributed by atoms with van der Waals surface area (Å²) in [6.45, 7) is 5.59. The number of nitrogens with two attached hydrogens (primary N) is 1. The molecule has 2 aliphatic heterocycles. The van der Waals surface area contributed by atoms with E-state index in [1.54, 1.807) is 0 Å². The molecule has 33 heavy (non-hydrogen) atoms. The Kier molecular flexibility index (Phi) is 4.98. The molecule has 3 aromatic rings. The number of thiophene rings is 1. The van der Waals surface area contributed by atoms with E-state index in [0.717, 1.165) is 51.7 Å². The summed E-state index contributed by atoms with van der Waals surface area (Å²) in [7, 11) is 0. The fourth-order valence-corrected chi connectivity index (χ4v) is 7.20. The molecule has 2 aromatic heterocycles. The summed E-state index contributed by atoms with van der Waals surface area (Å²) in [4.78, 5) is 21.6. The highest BCUT2D eigenvalue weighted by molar-refractivity contribution is 7.21. The number of aromatic nitrogens is 1. The molecule has 0 spiro atoms. The Hall–Kier alpha value is -2.80. The number of nitrogens with zero attached hydrogens (tertiary/aromatic N) is 2. The number of amides is 1. The van der Waals surface area contributed by atoms with E-state index in [1.165, 1.54) is 42.7 Å². The molecule has 0 bridgehead atoms. The van der Waals surface area contributed by atoms with Gasteiger partial charge in [-0.3, -0.25) is 4.79 Å². The molecular weight excluding hydrogens is 432 g/mol. The maximum absolute atomic E-state index is 13.1. The van der Waals surface area contributed by atoms with Crippen LogP contribution in [0.1, 0.15) is 52.2 Å². The minimum atomic E-state index is -0.148. The molecule has 7 heteroatoms. The molecule has 4 heterocycles. The van der Waals surface area contributed by atoms with Crippen LogP contribution in [-0.2, 0) is 6.42 Å². The number of carbonyl (C=O) groups is 1. The molecule has 1 aromatic carbocycles. The number of hydrogen-bond donors (Lipinski definition) is 2. The number of hydrogen-bond acceptors (Lipinski definition) is 6. The topological polar surface area (TPSA) is 80.5 Å². The summed E-state index contributed by atoms with van der Waals surface area (Å²) in [5.41, 5.74) is 11.3. The summed E-state index contributed by atoms with van der Waals surface area (Å²) in [6, 6.07) is 9.23. The minimum Gasteiger partial charge on any atom is -0.491 e. The Morgan fingerprint density at radius 1 is 1.24 bits per heavy atom. The van der Waals surface area contributed by atoms with Crippen LogP contribution in [0.2, 0.25) is 0 Å². The van der Waals surface area contributed by atoms with Gasteiger partial charge in [-0.25, -0.2) is 4.98 Å². The lowest BCUT2D eigenvalue weighted by atomic mass is 10.0. The summed E-state index contributed by atoms with van der Waals surface area (Å²) >= 11 is 1.36. The van der Waals surface area contributed by atoms with E-state index >= 15 is 0 Å². The van der Waals surface area contributed by atoms with Gasteiger partial charge in [-0.15, -0.1) is 11.3 Å². The molecular formula is C26H30N4O2S. The van der Waals surface area contributed by atoms with Gasteiger partial charge >= 0.3 is 0 Å². The van der Waals surface area contributed by atoms with Crippen LogP contribution in [0, 0.1) is 19.8 Å². The van der Waals surface area contributed by atoms with E-state index in [1.807, 2.05) is 19.9 Å². The quantitative estimate of drug-likeness (QED) is 0.594. The van der Waals surface area contributed by atoms with Crippen LogP contribution in [0.3, 0.4) is 0 Å². The first-order chi connectivity index (χ1) is 16.0. The molecule has 1 saturated carbocycles. The van der Waals surface area contributed by atoms with E-state index < -0.39 is 0 Å². The Balaban J connectivity index is 1.18. The van der Waals surface area contributed by atoms with Gasteiger partial charge in [0.15, 0.2) is 0 Å². The van der Waals surface area contributed by atoms with Gasteiger partial charge in [0.1, 0.15) is 22.1 Å². The van der Waals surface area contributed by atoms with E-state index in [9.17, 15) is 4.79 Å². The molecule has 0 radical (unpaired) electrons. The summed E-state index contributed by atoms with van der Waals surface area (Å²) < 4.78 is 6.13. The number of benzene rings is 1. The lowest BCUT2D eigenvalue weighted by molar-refractivity contribution is 0.0920. The van der Waals surface area contributed by atoms with Gasteiger partial charge < -0.3 is 20.7 Å². The van der Waals surface area contributed by atoms with Crippen molar-refractivity contribution in [2.45, 2.75) is 58.0 Å². The van der Waals surface area contributed by atoms with E-state index in [0.29, 0.717) is 23.2 Å². The fourth-order valence-electron chi connectivity index (χ4n) is 6.08. The van der Waals surface area contributed by atoms with Crippen molar-refractivity contribution in [1.82, 2.24) is 10.3 Å². The van der Waals surface area contributed by atoms with Crippen LogP contribution in [0.15, 0.2) is 24.3 Å². The Labute approximate surface area is 198 Å². The largest absolute Gasteiger partial charge is 0.491 e. The number of nitrogen functional groups attached to an aromatic ring is 1. The van der Waals surface area contributed by atoms with Crippen molar-refractivity contribution < 1.29 is 9.53 Å². The SMILES string of the molecule is Cc1cc(C)c2c(N)c(C(=O)N[C@H]3COc4cc(N5CC[C@@H]6CCC[C@@H]65)ccc4C3)sc2n1. The molecule has 6 nitrogen and oxygen atoms in total. The van der Waals surface area contributed by atoms with Crippen LogP contribution in [0.4, 0.5) is 11.4 Å². The zero-order valence-corrected chi connectivity index (χ0v) is 20.0. The van der Waals surface area contributed by atoms with Crippen molar-refractivity contribution in [2.24, 2.45) is 5.92 Å². The number of pyridine rings is 1. The van der Waals surface area contributed by atoms with E-state index in [-0.39, 0.29) is 11.9 Å². The number of nitrogens with one attached hydrogen (secondary N) is 1. The maximum Gasteiger partial charge on any atom is 0.263 e. The van der Waals surface area contributed by atoms with Crippen LogP contribution >= 0.6 is 11.3 Å². The predicted molar refractivity (Wildman–Crippen MR) is 133 cm³/mol. The molecule has 172 valence electrons. The number of anilines is 2. The zero-order valence-electron chi connectivity index (χ0n) is 19.2. The van der Waals surface area contributed by atoms with Crippen LogP contribution in [0.5, 0.6) is 5.75 Å². The number of ether oxygens (including phenoxy) is 1. The van der Waals surface area contributed by atoms with Crippen molar-refractivity contribution in [1.29, 1.82) is 0 Å². The smallest absolute Gasteiger partial charge is 0.263 e. The predicted octanol–water partition coefficient (Wildman–Crippen LogP) is 4.61. The molecule has 1 aliphatic carbocycles. The second kappa shape index (κ2) is 7.90. The molecule has 3 aliphatic rings. The Bertz CT molecular complexity index is 1250. The highest BCUT2D eigenvalue weighted by Gasteiger charge is 2.38. The zero-order chi connectivity index (χ0) is 22.7. The third kappa shape index (κ3) is 3.53. The summed E-state index contributed by atoms with van der Waals surface area (Å²) in [5, 5.41) is 4.03. The lowest BCUT2D eigenvalue weighted by Crippen LogP contribution is -2.42. The number of rotatable bonds is 3. The third-order valence-electron chi connectivity index (χ3n) is 7.61. The molecule has 3 N–H and O–H groups in total. The number of carbonyl (C=O) groups excluding carboxylic acids is 1. The van der Waals surface area contributed by atoms with E-state index in [4.69, 9.17) is 10.5 Å². The van der Waals surface area contributed by atoms with Gasteiger partial charge in [0, 0.05) is 35.4 Å². The van der Waals surface area contributed by atoms with Gasteiger partial charge in [0.2, 0.25) is 0 Å². The van der Waals surface area contributed by atoms with Crippen LogP contribution in [-0.4, -0.2) is 36.1 Å². The van der Waals surface area contributed by atoms with Gasteiger partial charge in [-0.2, -0.15) is 0 Å². The minimum absolute atomic E-state index is 0.0812. The second-order valence-electron chi connectivity index (χ2n) is 9.82. The summed E-state index contributed by atoms with van der Waals surface area (Å²) in [6.07, 6.45) is 6.12. The van der Waals surface area contributed by atoms with Gasteiger partial charge in [0.05, 0.1) is 11.7 Å². The Morgan fingerprint density at radius 2 is 2.12 bits per heavy atom. The first kappa shape index (κ1) is 20.8. The molecule has 3 atom stereocenters. The Morgan fingerprint density at radius 3 is 3.00 bits per heavy atom. The molecule has 1 saturated heterocycles. The number of fused-ring (bicyclic) bond motifs is 3. The standard InChI is InChI=1S/C26H30N4O2S/c1-14-10-15(2)28-26-22(14)23(27)24(33-26)25(31)29-18-11-17-6-7-19(12-21(17)32-13-18)30-9-8-16-4-3-5-20(16)30/h6-7,10,12,16,18,20H,3-5,8-9,11,13,27H2,1-2H3,(H,29,31)/t16-,18+,20-/m0/s1. The third-order valence-corrected chi connectivity index (χ3v) is 8.71. The summed E-state index contributed by atoms with van der Waals surface area (Å²) in [5.74, 6) is 1.67. The lowest BCUT2D eigenvalue weighted by Gasteiger charge is -2.30. The van der Waals surface area contributed by atoms with Crippen molar-refractivity contribution in [3.63, 3.8) is 0 Å². The molecule has 1 amide bonds. The number of aryl methyl sites for hydroxylation is 2. The van der Waals surface area contributed by atoms with Gasteiger partial charge in [0.25, 0.3) is 5.91 Å². The highest BCUT2D eigenvalue weighted by atomic mass is 32.1. The van der Waals surface area contributed by atoms with Crippen LogP contribution < -0.4 is 20.7 Å². The average molecular weight is 463 g/mol. The fraction of sp³-hybridized carbons (Fsp3) is 0.462. The monoisotopic (exact) mass is 462 g/mol. The molecule has 2 fully saturated rings. The highest BCUT2D eigenvalue weighted by Crippen LogP contribution is 2.42. The van der Waals surface area contributed by atoms with Crippen molar-refractivity contribution in [3.8, 4) is 5.75 Å². The normalized spacial score (nSPS) is 23.9. The van der Waals surface area contributed by atoms with E-state index in [2.05, 4.69) is 33.4 Å². The van der Waals surface area contributed by atoms with Crippen molar-refractivity contribution in [3.05, 3.63) is 46.0 Å². The average Bonchev–Trinajstić information content (AvgIpc) is 3.48. The van der Waals surface area contributed by atoms with Crippen LogP contribution in [0.25, 0.3) is 10.2 Å². The first-order valence-corrected chi connectivity index (χ1v) is 12.8. The second-order valence-corrected chi connectivity index (χ2v) is 10.8.